The number of aromatic carboxylic acids is 1. The number of nitrogens with zero attached hydrogens (tertiary/aromatic N) is 4. The molecule has 19 heavy (non-hydrogen) atoms. The zero-order chi connectivity index (χ0) is 14.0. The fraction of sp³-hybridized carbons (Fsp3) is 0.636. The van der Waals surface area contributed by atoms with Crippen LogP contribution in [0, 0.1) is 0 Å². The monoisotopic (exact) mass is 267 g/mol. The van der Waals surface area contributed by atoms with E-state index in [2.05, 4.69) is 10.3 Å². The molecule has 1 aliphatic heterocycles. The average molecular weight is 267 g/mol. The van der Waals surface area contributed by atoms with Crippen LogP contribution >= 0.6 is 0 Å². The van der Waals surface area contributed by atoms with Gasteiger partial charge in [-0.15, -0.1) is 5.10 Å². The van der Waals surface area contributed by atoms with Crippen molar-refractivity contribution in [3.63, 3.8) is 0 Å². The van der Waals surface area contributed by atoms with E-state index in [1.165, 1.54) is 10.9 Å². The van der Waals surface area contributed by atoms with E-state index in [9.17, 15) is 9.59 Å². The molecule has 1 amide bonds. The van der Waals surface area contributed by atoms with Crippen LogP contribution < -0.4 is 5.73 Å². The molecule has 0 aromatic carbocycles. The van der Waals surface area contributed by atoms with Crippen LogP contribution in [0.4, 0.5) is 0 Å². The first-order valence-electron chi connectivity index (χ1n) is 6.22. The van der Waals surface area contributed by atoms with Gasteiger partial charge in [0.2, 0.25) is 5.91 Å². The molecule has 3 N–H and O–H groups in total. The van der Waals surface area contributed by atoms with E-state index in [1.54, 1.807) is 4.90 Å². The number of carboxylic acid groups (broad SMARTS) is 1. The standard InChI is InChI=1S/C11H17N5O3/c1-2-3-8(12)10(17)15-4-7(5-15)16-6-9(11(18)19)13-14-16/h6-8H,2-5,12H2,1H3,(H,18,19)/t8-/m0/s1. The molecular formula is C11H17N5O3. The van der Waals surface area contributed by atoms with Crippen molar-refractivity contribution in [3.8, 4) is 0 Å². The lowest BCUT2D eigenvalue weighted by atomic mass is 10.1. The Balaban J connectivity index is 1.88. The molecule has 1 aliphatic rings. The highest BCUT2D eigenvalue weighted by Crippen LogP contribution is 2.21. The van der Waals surface area contributed by atoms with Gasteiger partial charge in [0.1, 0.15) is 0 Å². The molecule has 1 fully saturated rings. The summed E-state index contributed by atoms with van der Waals surface area (Å²) in [6.07, 6.45) is 2.92. The highest BCUT2D eigenvalue weighted by atomic mass is 16.4. The average Bonchev–Trinajstić information content (AvgIpc) is 2.76. The fourth-order valence-corrected chi connectivity index (χ4v) is 2.02. The summed E-state index contributed by atoms with van der Waals surface area (Å²) < 4.78 is 1.48. The molecule has 0 aliphatic carbocycles. The summed E-state index contributed by atoms with van der Waals surface area (Å²) in [5.41, 5.74) is 5.67. The summed E-state index contributed by atoms with van der Waals surface area (Å²) >= 11 is 0. The van der Waals surface area contributed by atoms with Gasteiger partial charge >= 0.3 is 5.97 Å². The minimum atomic E-state index is -1.11. The number of rotatable bonds is 5. The second-order valence-electron chi connectivity index (χ2n) is 4.68. The lowest BCUT2D eigenvalue weighted by Crippen LogP contribution is -2.55. The molecule has 1 aromatic heterocycles. The third-order valence-corrected chi connectivity index (χ3v) is 3.19. The van der Waals surface area contributed by atoms with E-state index in [4.69, 9.17) is 10.8 Å². The number of likely N-dealkylation sites (tertiary alicyclic amines) is 1. The third-order valence-electron chi connectivity index (χ3n) is 3.19. The Bertz CT molecular complexity index is 480. The first kappa shape index (κ1) is 13.5. The molecule has 8 nitrogen and oxygen atoms in total. The molecular weight excluding hydrogens is 250 g/mol. The summed E-state index contributed by atoms with van der Waals surface area (Å²) in [5.74, 6) is -1.17. The van der Waals surface area contributed by atoms with Gasteiger partial charge in [-0.05, 0) is 6.42 Å². The van der Waals surface area contributed by atoms with Gasteiger partial charge in [-0.25, -0.2) is 9.48 Å². The number of amides is 1. The summed E-state index contributed by atoms with van der Waals surface area (Å²) in [6.45, 7) is 2.98. The minimum Gasteiger partial charge on any atom is -0.476 e. The summed E-state index contributed by atoms with van der Waals surface area (Å²) in [4.78, 5) is 24.2. The van der Waals surface area contributed by atoms with Gasteiger partial charge in [-0.3, -0.25) is 4.79 Å². The largest absolute Gasteiger partial charge is 0.476 e. The van der Waals surface area contributed by atoms with E-state index in [1.807, 2.05) is 6.92 Å². The van der Waals surface area contributed by atoms with Crippen molar-refractivity contribution in [3.05, 3.63) is 11.9 Å². The van der Waals surface area contributed by atoms with Crippen molar-refractivity contribution in [1.29, 1.82) is 0 Å². The molecule has 0 unspecified atom stereocenters. The fourth-order valence-electron chi connectivity index (χ4n) is 2.02. The summed E-state index contributed by atoms with van der Waals surface area (Å²) in [6, 6.07) is -0.463. The molecule has 0 radical (unpaired) electrons. The number of carbonyl (C=O) groups is 2. The quantitative estimate of drug-likeness (QED) is 0.742. The Morgan fingerprint density at radius 2 is 2.26 bits per heavy atom. The molecule has 1 atom stereocenters. The van der Waals surface area contributed by atoms with Gasteiger partial charge in [0.15, 0.2) is 5.69 Å². The van der Waals surface area contributed by atoms with Crippen molar-refractivity contribution in [2.75, 3.05) is 13.1 Å². The van der Waals surface area contributed by atoms with Crippen LogP contribution in [0.25, 0.3) is 0 Å². The maximum atomic E-state index is 11.9. The Morgan fingerprint density at radius 1 is 1.58 bits per heavy atom. The predicted octanol–water partition coefficient (Wildman–Crippen LogP) is -0.513. The van der Waals surface area contributed by atoms with Crippen molar-refractivity contribution in [2.24, 2.45) is 5.73 Å². The second-order valence-corrected chi connectivity index (χ2v) is 4.68. The number of carbonyl (C=O) groups excluding carboxylic acids is 1. The van der Waals surface area contributed by atoms with Gasteiger partial charge in [0.05, 0.1) is 18.3 Å². The summed E-state index contributed by atoms with van der Waals surface area (Å²) in [7, 11) is 0. The number of hydrogen-bond donors (Lipinski definition) is 2. The molecule has 1 aromatic rings. The topological polar surface area (TPSA) is 114 Å². The first-order chi connectivity index (χ1) is 9.02. The molecule has 2 heterocycles. The van der Waals surface area contributed by atoms with E-state index < -0.39 is 12.0 Å². The Hall–Kier alpha value is -1.96. The van der Waals surface area contributed by atoms with Crippen LogP contribution in [0.3, 0.4) is 0 Å². The Kier molecular flexibility index (Phi) is 3.79. The lowest BCUT2D eigenvalue weighted by molar-refractivity contribution is -0.138. The number of hydrogen-bond acceptors (Lipinski definition) is 5. The van der Waals surface area contributed by atoms with Crippen LogP contribution in [0.15, 0.2) is 6.20 Å². The highest BCUT2D eigenvalue weighted by Gasteiger charge is 2.34. The minimum absolute atomic E-state index is 0.0154. The normalized spacial score (nSPS) is 17.1. The van der Waals surface area contributed by atoms with Crippen LogP contribution in [0.5, 0.6) is 0 Å². The second kappa shape index (κ2) is 5.35. The van der Waals surface area contributed by atoms with Gasteiger partial charge in [0.25, 0.3) is 0 Å². The van der Waals surface area contributed by atoms with E-state index in [-0.39, 0.29) is 17.6 Å². The van der Waals surface area contributed by atoms with Gasteiger partial charge in [0, 0.05) is 13.1 Å². The van der Waals surface area contributed by atoms with Crippen LogP contribution in [-0.2, 0) is 4.79 Å². The predicted molar refractivity (Wildman–Crippen MR) is 65.5 cm³/mol. The Labute approximate surface area is 110 Å². The van der Waals surface area contributed by atoms with E-state index in [0.29, 0.717) is 19.5 Å². The molecule has 1 saturated heterocycles. The molecule has 104 valence electrons. The maximum Gasteiger partial charge on any atom is 0.358 e. The Morgan fingerprint density at radius 3 is 2.79 bits per heavy atom. The van der Waals surface area contributed by atoms with Gasteiger partial charge < -0.3 is 15.7 Å². The summed E-state index contributed by atoms with van der Waals surface area (Å²) in [5, 5.41) is 16.0. The van der Waals surface area contributed by atoms with Crippen LogP contribution in [-0.4, -0.2) is 56.0 Å². The molecule has 2 rings (SSSR count). The molecule has 8 heteroatoms. The third kappa shape index (κ3) is 2.73. The highest BCUT2D eigenvalue weighted by molar-refractivity contribution is 5.84. The SMILES string of the molecule is CCC[C@H](N)C(=O)N1CC(n2cc(C(=O)O)nn2)C1. The number of nitrogens with two attached hydrogens (primary N) is 1. The number of aromatic nitrogens is 3. The zero-order valence-corrected chi connectivity index (χ0v) is 10.7. The van der Waals surface area contributed by atoms with E-state index in [0.717, 1.165) is 6.42 Å². The smallest absolute Gasteiger partial charge is 0.358 e. The van der Waals surface area contributed by atoms with Gasteiger partial charge in [-0.1, -0.05) is 18.6 Å². The lowest BCUT2D eigenvalue weighted by Gasteiger charge is -2.40. The van der Waals surface area contributed by atoms with Gasteiger partial charge in [-0.2, -0.15) is 0 Å². The van der Waals surface area contributed by atoms with Crippen molar-refractivity contribution in [2.45, 2.75) is 31.8 Å². The molecule has 0 spiro atoms. The first-order valence-corrected chi connectivity index (χ1v) is 6.22. The van der Waals surface area contributed by atoms with Crippen LogP contribution in [0.2, 0.25) is 0 Å². The number of carboxylic acids is 1. The van der Waals surface area contributed by atoms with E-state index >= 15 is 0 Å². The van der Waals surface area contributed by atoms with Crippen molar-refractivity contribution >= 4 is 11.9 Å². The van der Waals surface area contributed by atoms with Crippen LogP contribution in [0.1, 0.15) is 36.3 Å². The van der Waals surface area contributed by atoms with Crippen molar-refractivity contribution < 1.29 is 14.7 Å². The van der Waals surface area contributed by atoms with Crippen molar-refractivity contribution in [1.82, 2.24) is 19.9 Å². The zero-order valence-electron chi connectivity index (χ0n) is 10.7. The maximum absolute atomic E-state index is 11.9. The molecule has 0 bridgehead atoms. The molecule has 0 saturated carbocycles.